The number of anilines is 2. The molecule has 0 aliphatic heterocycles. The topological polar surface area (TPSA) is 59.6 Å². The molecule has 0 heterocycles. The van der Waals surface area contributed by atoms with Crippen LogP contribution in [0.25, 0.3) is 0 Å². The van der Waals surface area contributed by atoms with Crippen LogP contribution in [0, 0.1) is 0 Å². The van der Waals surface area contributed by atoms with Crippen LogP contribution in [-0.4, -0.2) is 18.6 Å². The maximum Gasteiger partial charge on any atom is 0.243 e. The minimum Gasteiger partial charge on any atom is -0.491 e. The molecule has 5 heteroatoms. The number of carbonyl (C=O) groups excluding carboxylic acids is 1. The van der Waals surface area contributed by atoms with Crippen molar-refractivity contribution in [1.82, 2.24) is 0 Å². The number of amides is 1. The molecule has 1 unspecified atom stereocenters. The average molecular weight is 405 g/mol. The highest BCUT2D eigenvalue weighted by molar-refractivity contribution is 5.93. The minimum absolute atomic E-state index is 0.125. The first-order valence-corrected chi connectivity index (χ1v) is 10.2. The van der Waals surface area contributed by atoms with Crippen LogP contribution in [0.15, 0.2) is 78.9 Å². The fourth-order valence-corrected chi connectivity index (χ4v) is 2.76. The fraction of sp³-hybridized carbons (Fsp3) is 0.240. The fourth-order valence-electron chi connectivity index (χ4n) is 2.76. The summed E-state index contributed by atoms with van der Waals surface area (Å²) in [7, 11) is 0. The predicted molar refractivity (Wildman–Crippen MR) is 121 cm³/mol. The molecule has 3 rings (SSSR count). The monoisotopic (exact) mass is 404 g/mol. The van der Waals surface area contributed by atoms with E-state index in [1.165, 1.54) is 0 Å². The number of rotatable bonds is 10. The Kier molecular flexibility index (Phi) is 7.72. The number of nitrogens with one attached hydrogen (secondary N) is 2. The molecule has 0 saturated heterocycles. The van der Waals surface area contributed by atoms with Gasteiger partial charge >= 0.3 is 0 Å². The lowest BCUT2D eigenvalue weighted by Gasteiger charge is -2.14. The van der Waals surface area contributed by atoms with E-state index in [9.17, 15) is 4.79 Å². The second-order valence-corrected chi connectivity index (χ2v) is 7.06. The Balaban J connectivity index is 1.45. The first-order chi connectivity index (χ1) is 14.6. The molecule has 5 nitrogen and oxygen atoms in total. The third-order valence-corrected chi connectivity index (χ3v) is 4.59. The van der Waals surface area contributed by atoms with E-state index in [0.29, 0.717) is 12.3 Å². The Morgan fingerprint density at radius 3 is 2.40 bits per heavy atom. The highest BCUT2D eigenvalue weighted by Crippen LogP contribution is 2.20. The van der Waals surface area contributed by atoms with E-state index in [4.69, 9.17) is 9.47 Å². The molecule has 30 heavy (non-hydrogen) atoms. The van der Waals surface area contributed by atoms with Gasteiger partial charge in [-0.25, -0.2) is 0 Å². The molecule has 0 saturated carbocycles. The molecule has 3 aromatic rings. The zero-order valence-electron chi connectivity index (χ0n) is 17.4. The van der Waals surface area contributed by atoms with Gasteiger partial charge in [-0.15, -0.1) is 0 Å². The van der Waals surface area contributed by atoms with Gasteiger partial charge < -0.3 is 20.1 Å². The number of hydrogen-bond acceptors (Lipinski definition) is 4. The van der Waals surface area contributed by atoms with Gasteiger partial charge in [0.05, 0.1) is 12.6 Å². The second kappa shape index (κ2) is 10.9. The van der Waals surface area contributed by atoms with Gasteiger partial charge in [-0.05, 0) is 55.3 Å². The molecule has 1 amide bonds. The molecule has 0 aromatic heterocycles. The van der Waals surface area contributed by atoms with Crippen molar-refractivity contribution < 1.29 is 14.3 Å². The van der Waals surface area contributed by atoms with Gasteiger partial charge in [0.2, 0.25) is 5.91 Å². The summed E-state index contributed by atoms with van der Waals surface area (Å²) in [5.41, 5.74) is 2.69. The standard InChI is InChI=1S/C25H28N2O3/c1-3-19(2)30-24-11-7-10-22(16-24)27-25(28)17-26-21-12-14-23(15-13-21)29-18-20-8-5-4-6-9-20/h4-16,19,26H,3,17-18H2,1-2H3,(H,27,28). The summed E-state index contributed by atoms with van der Waals surface area (Å²) in [6.45, 7) is 4.79. The first-order valence-electron chi connectivity index (χ1n) is 10.2. The van der Waals surface area contributed by atoms with Crippen LogP contribution < -0.4 is 20.1 Å². The Labute approximate surface area is 178 Å². The summed E-state index contributed by atoms with van der Waals surface area (Å²) in [5, 5.41) is 6.01. The zero-order chi connectivity index (χ0) is 21.2. The summed E-state index contributed by atoms with van der Waals surface area (Å²) in [6.07, 6.45) is 1.06. The minimum atomic E-state index is -0.125. The maximum absolute atomic E-state index is 12.3. The normalized spacial score (nSPS) is 11.4. The molecule has 0 spiro atoms. The summed E-state index contributed by atoms with van der Waals surface area (Å²) in [5.74, 6) is 1.41. The van der Waals surface area contributed by atoms with Crippen LogP contribution in [0.1, 0.15) is 25.8 Å². The van der Waals surface area contributed by atoms with E-state index in [0.717, 1.165) is 29.2 Å². The zero-order valence-corrected chi connectivity index (χ0v) is 17.4. The van der Waals surface area contributed by atoms with Gasteiger partial charge in [0, 0.05) is 17.4 Å². The van der Waals surface area contributed by atoms with Crippen molar-refractivity contribution in [3.05, 3.63) is 84.4 Å². The Morgan fingerprint density at radius 2 is 1.67 bits per heavy atom. The molecule has 0 aliphatic carbocycles. The lowest BCUT2D eigenvalue weighted by atomic mass is 10.2. The quantitative estimate of drug-likeness (QED) is 0.469. The molecule has 0 aliphatic rings. The van der Waals surface area contributed by atoms with Crippen LogP contribution in [-0.2, 0) is 11.4 Å². The van der Waals surface area contributed by atoms with Crippen LogP contribution in [0.2, 0.25) is 0 Å². The molecule has 0 bridgehead atoms. The molecular weight excluding hydrogens is 376 g/mol. The number of benzene rings is 3. The van der Waals surface area contributed by atoms with Crippen molar-refractivity contribution >= 4 is 17.3 Å². The van der Waals surface area contributed by atoms with Crippen LogP contribution >= 0.6 is 0 Å². The Bertz CT molecular complexity index is 927. The molecular formula is C25H28N2O3. The third kappa shape index (κ3) is 6.85. The van der Waals surface area contributed by atoms with Crippen LogP contribution in [0.5, 0.6) is 11.5 Å². The van der Waals surface area contributed by atoms with Crippen molar-refractivity contribution in [3.8, 4) is 11.5 Å². The smallest absolute Gasteiger partial charge is 0.243 e. The molecule has 0 radical (unpaired) electrons. The molecule has 0 fully saturated rings. The first kappa shape index (κ1) is 21.2. The number of hydrogen-bond donors (Lipinski definition) is 2. The number of carbonyl (C=O) groups is 1. The predicted octanol–water partition coefficient (Wildman–Crippen LogP) is 5.49. The Hall–Kier alpha value is -3.47. The average Bonchev–Trinajstić information content (AvgIpc) is 2.78. The highest BCUT2D eigenvalue weighted by Gasteiger charge is 2.06. The van der Waals surface area contributed by atoms with Gasteiger partial charge in [-0.1, -0.05) is 43.3 Å². The van der Waals surface area contributed by atoms with E-state index in [1.807, 2.05) is 85.8 Å². The molecule has 1 atom stereocenters. The molecule has 3 aromatic carbocycles. The molecule has 156 valence electrons. The largest absolute Gasteiger partial charge is 0.491 e. The van der Waals surface area contributed by atoms with Gasteiger partial charge in [-0.2, -0.15) is 0 Å². The SMILES string of the molecule is CCC(C)Oc1cccc(NC(=O)CNc2ccc(OCc3ccccc3)cc2)c1. The van der Waals surface area contributed by atoms with Crippen molar-refractivity contribution in [2.45, 2.75) is 33.0 Å². The van der Waals surface area contributed by atoms with Crippen molar-refractivity contribution in [1.29, 1.82) is 0 Å². The second-order valence-electron chi connectivity index (χ2n) is 7.06. The summed E-state index contributed by atoms with van der Waals surface area (Å²) < 4.78 is 11.6. The number of ether oxygens (including phenoxy) is 2. The van der Waals surface area contributed by atoms with E-state index in [-0.39, 0.29) is 18.6 Å². The van der Waals surface area contributed by atoms with Crippen molar-refractivity contribution in [2.24, 2.45) is 0 Å². The summed E-state index contributed by atoms with van der Waals surface area (Å²) >= 11 is 0. The van der Waals surface area contributed by atoms with E-state index in [2.05, 4.69) is 17.6 Å². The Morgan fingerprint density at radius 1 is 0.900 bits per heavy atom. The van der Waals surface area contributed by atoms with Crippen LogP contribution in [0.4, 0.5) is 11.4 Å². The van der Waals surface area contributed by atoms with Gasteiger partial charge in [0.25, 0.3) is 0 Å². The van der Waals surface area contributed by atoms with Crippen LogP contribution in [0.3, 0.4) is 0 Å². The van der Waals surface area contributed by atoms with E-state index < -0.39 is 0 Å². The lowest BCUT2D eigenvalue weighted by molar-refractivity contribution is -0.114. The van der Waals surface area contributed by atoms with Gasteiger partial charge in [-0.3, -0.25) is 4.79 Å². The lowest BCUT2D eigenvalue weighted by Crippen LogP contribution is -2.21. The van der Waals surface area contributed by atoms with Crippen molar-refractivity contribution in [3.63, 3.8) is 0 Å². The highest BCUT2D eigenvalue weighted by atomic mass is 16.5. The summed E-state index contributed by atoms with van der Waals surface area (Å²) in [6, 6.07) is 25.0. The third-order valence-electron chi connectivity index (χ3n) is 4.59. The summed E-state index contributed by atoms with van der Waals surface area (Å²) in [4.78, 5) is 12.3. The van der Waals surface area contributed by atoms with Gasteiger partial charge in [0.1, 0.15) is 18.1 Å². The van der Waals surface area contributed by atoms with E-state index in [1.54, 1.807) is 0 Å². The maximum atomic E-state index is 12.3. The molecule has 2 N–H and O–H groups in total. The van der Waals surface area contributed by atoms with Crippen molar-refractivity contribution in [2.75, 3.05) is 17.2 Å². The van der Waals surface area contributed by atoms with E-state index >= 15 is 0 Å². The van der Waals surface area contributed by atoms with Gasteiger partial charge in [0.15, 0.2) is 0 Å².